The summed E-state index contributed by atoms with van der Waals surface area (Å²) in [6.45, 7) is 0.252. The fourth-order valence-electron chi connectivity index (χ4n) is 2.60. The molecule has 2 N–H and O–H groups in total. The summed E-state index contributed by atoms with van der Waals surface area (Å²) in [4.78, 5) is 10.1. The van der Waals surface area contributed by atoms with Gasteiger partial charge in [0.2, 0.25) is 0 Å². The first-order valence-electron chi connectivity index (χ1n) is 8.41. The van der Waals surface area contributed by atoms with E-state index in [1.54, 1.807) is 36.4 Å². The summed E-state index contributed by atoms with van der Waals surface area (Å²) in [5, 5.41) is 14.9. The molecule has 0 fully saturated rings. The van der Waals surface area contributed by atoms with Gasteiger partial charge in [-0.25, -0.2) is 8.42 Å². The molecule has 7 nitrogen and oxygen atoms in total. The van der Waals surface area contributed by atoms with Crippen LogP contribution in [0.25, 0.3) is 0 Å². The van der Waals surface area contributed by atoms with Gasteiger partial charge in [0.25, 0.3) is 15.7 Å². The highest BCUT2D eigenvalue weighted by molar-refractivity contribution is 7.92. The van der Waals surface area contributed by atoms with Crippen LogP contribution in [0.15, 0.2) is 65.6 Å². The molecule has 0 spiro atoms. The van der Waals surface area contributed by atoms with Gasteiger partial charge in [-0.3, -0.25) is 14.8 Å². The second-order valence-electron chi connectivity index (χ2n) is 6.12. The van der Waals surface area contributed by atoms with Crippen molar-refractivity contribution < 1.29 is 13.3 Å². The van der Waals surface area contributed by atoms with Crippen molar-refractivity contribution in [3.8, 4) is 0 Å². The molecule has 156 valence electrons. The number of nitro benzene ring substituents is 1. The Bertz CT molecular complexity index is 1200. The molecule has 0 atom stereocenters. The van der Waals surface area contributed by atoms with Crippen LogP contribution < -0.4 is 10.0 Å². The maximum atomic E-state index is 12.7. The summed E-state index contributed by atoms with van der Waals surface area (Å²) >= 11 is 18.0. The molecule has 0 aliphatic heterocycles. The van der Waals surface area contributed by atoms with Gasteiger partial charge in [0, 0.05) is 24.4 Å². The van der Waals surface area contributed by atoms with Gasteiger partial charge in [-0.1, -0.05) is 59.1 Å². The average Bonchev–Trinajstić information content (AvgIpc) is 2.71. The molecular weight excluding hydrogens is 473 g/mol. The van der Waals surface area contributed by atoms with Crippen molar-refractivity contribution in [2.75, 3.05) is 10.0 Å². The molecule has 11 heteroatoms. The van der Waals surface area contributed by atoms with Crippen LogP contribution in [0, 0.1) is 10.1 Å². The first-order valence-corrected chi connectivity index (χ1v) is 11.0. The Hall–Kier alpha value is -2.52. The topological polar surface area (TPSA) is 101 Å². The van der Waals surface area contributed by atoms with Crippen molar-refractivity contribution in [1.82, 2.24) is 0 Å². The largest absolute Gasteiger partial charge is 0.381 e. The Balaban J connectivity index is 1.83. The maximum absolute atomic E-state index is 12.7. The van der Waals surface area contributed by atoms with Crippen LogP contribution in [0.3, 0.4) is 0 Å². The van der Waals surface area contributed by atoms with E-state index in [9.17, 15) is 18.5 Å². The Labute approximate surface area is 187 Å². The number of sulfonamides is 1. The van der Waals surface area contributed by atoms with E-state index in [0.717, 1.165) is 6.07 Å². The zero-order valence-electron chi connectivity index (χ0n) is 15.1. The number of nitro groups is 1. The second-order valence-corrected chi connectivity index (χ2v) is 9.00. The van der Waals surface area contributed by atoms with Crippen LogP contribution in [0.4, 0.5) is 17.1 Å². The lowest BCUT2D eigenvalue weighted by molar-refractivity contribution is -0.385. The molecule has 0 saturated carbocycles. The van der Waals surface area contributed by atoms with E-state index in [-0.39, 0.29) is 32.2 Å². The van der Waals surface area contributed by atoms with E-state index in [1.807, 2.05) is 0 Å². The van der Waals surface area contributed by atoms with Crippen LogP contribution in [-0.4, -0.2) is 13.3 Å². The standard InChI is InChI=1S/C19H14Cl3N3O4S/c20-16-8-13(9-17(21)19(16)22)23-11-12-4-1-2-7-18(12)24-30(28,29)15-6-3-5-14(10-15)25(26)27/h1-10,23-24H,11H2. The molecule has 30 heavy (non-hydrogen) atoms. The van der Waals surface area contributed by atoms with Gasteiger partial charge < -0.3 is 5.32 Å². The van der Waals surface area contributed by atoms with Gasteiger partial charge >= 0.3 is 0 Å². The van der Waals surface area contributed by atoms with Crippen molar-refractivity contribution in [2.45, 2.75) is 11.4 Å². The first kappa shape index (κ1) is 22.2. The predicted molar refractivity (Wildman–Crippen MR) is 119 cm³/mol. The Morgan fingerprint density at radius 1 is 0.933 bits per heavy atom. The van der Waals surface area contributed by atoms with Crippen LogP contribution >= 0.6 is 34.8 Å². The highest BCUT2D eigenvalue weighted by atomic mass is 35.5. The molecule has 0 heterocycles. The Morgan fingerprint density at radius 2 is 1.60 bits per heavy atom. The van der Waals surface area contributed by atoms with Gasteiger partial charge in [-0.15, -0.1) is 0 Å². The maximum Gasteiger partial charge on any atom is 0.270 e. The first-order chi connectivity index (χ1) is 14.2. The number of nitrogens with one attached hydrogen (secondary N) is 2. The molecule has 0 aromatic heterocycles. The number of benzene rings is 3. The number of para-hydroxylation sites is 1. The summed E-state index contributed by atoms with van der Waals surface area (Å²) in [6, 6.07) is 14.8. The summed E-state index contributed by atoms with van der Waals surface area (Å²) in [6.07, 6.45) is 0. The lowest BCUT2D eigenvalue weighted by Gasteiger charge is -2.14. The Kier molecular flexibility index (Phi) is 6.72. The number of hydrogen-bond acceptors (Lipinski definition) is 5. The normalized spacial score (nSPS) is 11.2. The zero-order chi connectivity index (χ0) is 21.9. The highest BCUT2D eigenvalue weighted by Crippen LogP contribution is 2.33. The van der Waals surface area contributed by atoms with Crippen molar-refractivity contribution in [2.24, 2.45) is 0 Å². The van der Waals surface area contributed by atoms with Gasteiger partial charge in [0.05, 0.1) is 30.6 Å². The van der Waals surface area contributed by atoms with E-state index in [4.69, 9.17) is 34.8 Å². The molecular formula is C19H14Cl3N3O4S. The van der Waals surface area contributed by atoms with Crippen molar-refractivity contribution in [3.05, 3.63) is 91.4 Å². The molecule has 0 radical (unpaired) electrons. The van der Waals surface area contributed by atoms with E-state index in [1.165, 1.54) is 18.2 Å². The van der Waals surface area contributed by atoms with E-state index >= 15 is 0 Å². The third-order valence-electron chi connectivity index (χ3n) is 4.07. The van der Waals surface area contributed by atoms with E-state index < -0.39 is 14.9 Å². The lowest BCUT2D eigenvalue weighted by Crippen LogP contribution is -2.15. The fourth-order valence-corrected chi connectivity index (χ4v) is 4.33. The minimum Gasteiger partial charge on any atom is -0.381 e. The monoisotopic (exact) mass is 485 g/mol. The molecule has 0 aliphatic carbocycles. The van der Waals surface area contributed by atoms with Crippen molar-refractivity contribution in [3.63, 3.8) is 0 Å². The van der Waals surface area contributed by atoms with Crippen LogP contribution in [-0.2, 0) is 16.6 Å². The van der Waals surface area contributed by atoms with Crippen molar-refractivity contribution in [1.29, 1.82) is 0 Å². The molecule has 0 unspecified atom stereocenters. The average molecular weight is 487 g/mol. The Morgan fingerprint density at radius 3 is 2.27 bits per heavy atom. The van der Waals surface area contributed by atoms with E-state index in [0.29, 0.717) is 16.9 Å². The predicted octanol–water partition coefficient (Wildman–Crippen LogP) is 5.97. The summed E-state index contributed by atoms with van der Waals surface area (Å²) < 4.78 is 27.9. The number of hydrogen-bond donors (Lipinski definition) is 2. The van der Waals surface area contributed by atoms with Crippen LogP contribution in [0.2, 0.25) is 15.1 Å². The lowest BCUT2D eigenvalue weighted by atomic mass is 10.2. The van der Waals surface area contributed by atoms with Crippen LogP contribution in [0.5, 0.6) is 0 Å². The molecule has 3 aromatic carbocycles. The molecule has 3 rings (SSSR count). The van der Waals surface area contributed by atoms with Gasteiger partial charge in [-0.05, 0) is 29.8 Å². The van der Waals surface area contributed by atoms with Gasteiger partial charge in [0.1, 0.15) is 0 Å². The quantitative estimate of drug-likeness (QED) is 0.243. The van der Waals surface area contributed by atoms with E-state index in [2.05, 4.69) is 10.0 Å². The fraction of sp³-hybridized carbons (Fsp3) is 0.0526. The SMILES string of the molecule is O=[N+]([O-])c1cccc(S(=O)(=O)Nc2ccccc2CNc2cc(Cl)c(Cl)c(Cl)c2)c1. The second kappa shape index (κ2) is 9.09. The van der Waals surface area contributed by atoms with Crippen LogP contribution in [0.1, 0.15) is 5.56 Å². The number of rotatable bonds is 7. The number of non-ortho nitro benzene ring substituents is 1. The number of halogens is 3. The minimum absolute atomic E-state index is 0.212. The third-order valence-corrected chi connectivity index (χ3v) is 6.63. The molecule has 0 aliphatic rings. The molecule has 0 amide bonds. The minimum atomic E-state index is -4.04. The molecule has 3 aromatic rings. The highest BCUT2D eigenvalue weighted by Gasteiger charge is 2.19. The zero-order valence-corrected chi connectivity index (χ0v) is 18.2. The van der Waals surface area contributed by atoms with Gasteiger partial charge in [0.15, 0.2) is 0 Å². The third kappa shape index (κ3) is 5.14. The number of nitrogens with zero attached hydrogens (tertiary/aromatic N) is 1. The molecule has 0 saturated heterocycles. The summed E-state index contributed by atoms with van der Waals surface area (Å²) in [5.74, 6) is 0. The summed E-state index contributed by atoms with van der Waals surface area (Å²) in [5.41, 5.74) is 1.24. The van der Waals surface area contributed by atoms with Crippen molar-refractivity contribution >= 4 is 61.9 Å². The molecule has 0 bridgehead atoms. The summed E-state index contributed by atoms with van der Waals surface area (Å²) in [7, 11) is -4.04. The number of anilines is 2. The smallest absolute Gasteiger partial charge is 0.270 e. The van der Waals surface area contributed by atoms with Gasteiger partial charge in [-0.2, -0.15) is 0 Å².